The molecule has 2 rings (SSSR count). The zero-order chi connectivity index (χ0) is 16.8. The normalized spacial score (nSPS) is 11.8. The monoisotopic (exact) mass is 334 g/mol. The Bertz CT molecular complexity index is 684. The number of aliphatic hydroxyl groups is 1. The van der Waals surface area contributed by atoms with Crippen LogP contribution < -0.4 is 9.47 Å². The first-order valence-corrected chi connectivity index (χ1v) is 7.82. The highest BCUT2D eigenvalue weighted by Gasteiger charge is 2.22. The number of rotatable bonds is 7. The topological polar surface area (TPSA) is 55.8 Å². The molecule has 0 spiro atoms. The summed E-state index contributed by atoms with van der Waals surface area (Å²) in [5.74, 6) is 0.604. The molecular formula is C18H19ClO4. The highest BCUT2D eigenvalue weighted by molar-refractivity contribution is 6.31. The van der Waals surface area contributed by atoms with Gasteiger partial charge in [-0.3, -0.25) is 4.79 Å². The predicted octanol–water partition coefficient (Wildman–Crippen LogP) is 4.05. The maximum Gasteiger partial charge on any atom is 0.196 e. The van der Waals surface area contributed by atoms with Crippen molar-refractivity contribution in [2.45, 2.75) is 20.0 Å². The van der Waals surface area contributed by atoms with Crippen LogP contribution in [0.25, 0.3) is 0 Å². The molecule has 0 bridgehead atoms. The maximum atomic E-state index is 12.5. The SMILES string of the molecule is CCOc1ccc(C(=O)C(O)c2ccccc2Cl)cc1OCC. The second-order valence-electron chi connectivity index (χ2n) is 4.82. The van der Waals surface area contributed by atoms with Crippen LogP contribution in [-0.4, -0.2) is 24.1 Å². The Hall–Kier alpha value is -2.04. The quantitative estimate of drug-likeness (QED) is 0.776. The molecular weight excluding hydrogens is 316 g/mol. The molecule has 0 aliphatic heterocycles. The van der Waals surface area contributed by atoms with Gasteiger partial charge in [-0.1, -0.05) is 29.8 Å². The number of hydrogen-bond acceptors (Lipinski definition) is 4. The third-order valence-corrected chi connectivity index (χ3v) is 3.62. The van der Waals surface area contributed by atoms with Crippen molar-refractivity contribution < 1.29 is 19.4 Å². The minimum absolute atomic E-state index is 0.337. The minimum atomic E-state index is -1.32. The van der Waals surface area contributed by atoms with Gasteiger partial charge in [0.2, 0.25) is 0 Å². The van der Waals surface area contributed by atoms with Crippen LogP contribution in [0, 0.1) is 0 Å². The molecule has 1 atom stereocenters. The van der Waals surface area contributed by atoms with Crippen molar-refractivity contribution in [3.8, 4) is 11.5 Å². The van der Waals surface area contributed by atoms with Gasteiger partial charge in [0.15, 0.2) is 17.3 Å². The van der Waals surface area contributed by atoms with Crippen molar-refractivity contribution in [2.75, 3.05) is 13.2 Å². The van der Waals surface area contributed by atoms with Crippen LogP contribution in [0.15, 0.2) is 42.5 Å². The van der Waals surface area contributed by atoms with Crippen LogP contribution in [0.1, 0.15) is 35.9 Å². The van der Waals surface area contributed by atoms with E-state index in [9.17, 15) is 9.90 Å². The number of Topliss-reactive ketones (excluding diaryl/α,β-unsaturated/α-hetero) is 1. The molecule has 0 aliphatic rings. The van der Waals surface area contributed by atoms with Crippen LogP contribution >= 0.6 is 11.6 Å². The van der Waals surface area contributed by atoms with E-state index in [-0.39, 0.29) is 0 Å². The molecule has 1 N–H and O–H groups in total. The van der Waals surface area contributed by atoms with Gasteiger partial charge >= 0.3 is 0 Å². The van der Waals surface area contributed by atoms with Crippen molar-refractivity contribution in [2.24, 2.45) is 0 Å². The van der Waals surface area contributed by atoms with E-state index in [0.29, 0.717) is 40.9 Å². The van der Waals surface area contributed by atoms with Gasteiger partial charge in [-0.25, -0.2) is 0 Å². The van der Waals surface area contributed by atoms with Gasteiger partial charge in [-0.05, 0) is 38.1 Å². The summed E-state index contributed by atoms with van der Waals surface area (Å²) in [6, 6.07) is 11.6. The van der Waals surface area contributed by atoms with Gasteiger partial charge in [0, 0.05) is 16.1 Å². The van der Waals surface area contributed by atoms with Crippen LogP contribution in [-0.2, 0) is 0 Å². The fraction of sp³-hybridized carbons (Fsp3) is 0.278. The Morgan fingerprint density at radius 3 is 2.39 bits per heavy atom. The van der Waals surface area contributed by atoms with Gasteiger partial charge in [-0.15, -0.1) is 0 Å². The number of carbonyl (C=O) groups is 1. The molecule has 0 aliphatic carbocycles. The third kappa shape index (κ3) is 4.03. The summed E-state index contributed by atoms with van der Waals surface area (Å²) >= 11 is 6.04. The lowest BCUT2D eigenvalue weighted by Crippen LogP contribution is -2.13. The second-order valence-corrected chi connectivity index (χ2v) is 5.22. The molecule has 5 heteroatoms. The largest absolute Gasteiger partial charge is 0.490 e. The van der Waals surface area contributed by atoms with E-state index in [1.165, 1.54) is 0 Å². The van der Waals surface area contributed by atoms with Gasteiger partial charge in [0.25, 0.3) is 0 Å². The third-order valence-electron chi connectivity index (χ3n) is 3.28. The van der Waals surface area contributed by atoms with E-state index < -0.39 is 11.9 Å². The van der Waals surface area contributed by atoms with E-state index >= 15 is 0 Å². The number of halogens is 1. The van der Waals surface area contributed by atoms with Crippen LogP contribution in [0.4, 0.5) is 0 Å². The Kier molecular flexibility index (Phi) is 6.02. The predicted molar refractivity (Wildman–Crippen MR) is 89.5 cm³/mol. The fourth-order valence-corrected chi connectivity index (χ4v) is 2.44. The van der Waals surface area contributed by atoms with E-state index in [4.69, 9.17) is 21.1 Å². The van der Waals surface area contributed by atoms with Crippen molar-refractivity contribution in [3.63, 3.8) is 0 Å². The molecule has 0 aromatic heterocycles. The summed E-state index contributed by atoms with van der Waals surface area (Å²) in [4.78, 5) is 12.5. The minimum Gasteiger partial charge on any atom is -0.490 e. The number of benzene rings is 2. The summed E-state index contributed by atoms with van der Waals surface area (Å²) in [6.07, 6.45) is -1.32. The summed E-state index contributed by atoms with van der Waals surface area (Å²) < 4.78 is 11.0. The Morgan fingerprint density at radius 1 is 1.09 bits per heavy atom. The highest BCUT2D eigenvalue weighted by Crippen LogP contribution is 2.31. The van der Waals surface area contributed by atoms with E-state index in [2.05, 4.69) is 0 Å². The zero-order valence-corrected chi connectivity index (χ0v) is 13.8. The molecule has 0 heterocycles. The molecule has 0 radical (unpaired) electrons. The lowest BCUT2D eigenvalue weighted by molar-refractivity contribution is 0.0747. The molecule has 0 fully saturated rings. The molecule has 0 amide bonds. The van der Waals surface area contributed by atoms with E-state index in [0.717, 1.165) is 0 Å². The average molecular weight is 335 g/mol. The first-order chi connectivity index (χ1) is 11.1. The Morgan fingerprint density at radius 2 is 1.74 bits per heavy atom. The van der Waals surface area contributed by atoms with E-state index in [1.807, 2.05) is 13.8 Å². The number of hydrogen-bond donors (Lipinski definition) is 1. The maximum absolute atomic E-state index is 12.5. The van der Waals surface area contributed by atoms with Gasteiger partial charge in [-0.2, -0.15) is 0 Å². The lowest BCUT2D eigenvalue weighted by atomic mass is 9.99. The Labute approximate surface area is 140 Å². The van der Waals surface area contributed by atoms with E-state index in [1.54, 1.807) is 42.5 Å². The molecule has 23 heavy (non-hydrogen) atoms. The number of carbonyl (C=O) groups excluding carboxylic acids is 1. The smallest absolute Gasteiger partial charge is 0.196 e. The van der Waals surface area contributed by atoms with Crippen molar-refractivity contribution in [3.05, 3.63) is 58.6 Å². The van der Waals surface area contributed by atoms with Crippen LogP contribution in [0.3, 0.4) is 0 Å². The molecule has 2 aromatic rings. The molecule has 4 nitrogen and oxygen atoms in total. The van der Waals surface area contributed by atoms with Crippen LogP contribution in [0.5, 0.6) is 11.5 Å². The Balaban J connectivity index is 2.32. The molecule has 0 saturated carbocycles. The number of ether oxygens (including phenoxy) is 2. The van der Waals surface area contributed by atoms with Gasteiger partial charge in [0.05, 0.1) is 13.2 Å². The first kappa shape index (κ1) is 17.3. The molecule has 2 aromatic carbocycles. The van der Waals surface area contributed by atoms with Crippen LogP contribution in [0.2, 0.25) is 5.02 Å². The zero-order valence-electron chi connectivity index (χ0n) is 13.1. The number of aliphatic hydroxyl groups excluding tert-OH is 1. The van der Waals surface area contributed by atoms with Crippen molar-refractivity contribution in [1.82, 2.24) is 0 Å². The van der Waals surface area contributed by atoms with Crippen molar-refractivity contribution >= 4 is 17.4 Å². The highest BCUT2D eigenvalue weighted by atomic mass is 35.5. The molecule has 0 saturated heterocycles. The molecule has 122 valence electrons. The summed E-state index contributed by atoms with van der Waals surface area (Å²) in [6.45, 7) is 4.67. The average Bonchev–Trinajstić information content (AvgIpc) is 2.56. The summed E-state index contributed by atoms with van der Waals surface area (Å²) in [5, 5.41) is 10.7. The second kappa shape index (κ2) is 7.99. The van der Waals surface area contributed by atoms with Gasteiger partial charge < -0.3 is 14.6 Å². The summed E-state index contributed by atoms with van der Waals surface area (Å²) in [5.41, 5.74) is 0.718. The summed E-state index contributed by atoms with van der Waals surface area (Å²) in [7, 11) is 0. The number of ketones is 1. The van der Waals surface area contributed by atoms with Gasteiger partial charge in [0.1, 0.15) is 6.10 Å². The van der Waals surface area contributed by atoms with Crippen molar-refractivity contribution in [1.29, 1.82) is 0 Å². The fourth-order valence-electron chi connectivity index (χ4n) is 2.20. The standard InChI is InChI=1S/C18H19ClO4/c1-3-22-15-10-9-12(11-16(15)23-4-2)17(20)18(21)13-7-5-6-8-14(13)19/h5-11,18,21H,3-4H2,1-2H3. The lowest BCUT2D eigenvalue weighted by Gasteiger charge is -2.15. The first-order valence-electron chi connectivity index (χ1n) is 7.44. The molecule has 1 unspecified atom stereocenters.